The second kappa shape index (κ2) is 4.88. The summed E-state index contributed by atoms with van der Waals surface area (Å²) in [5.74, 6) is -0.459. The van der Waals surface area contributed by atoms with Crippen LogP contribution in [0.1, 0.15) is 25.7 Å². The summed E-state index contributed by atoms with van der Waals surface area (Å²) in [4.78, 5) is 24.7. The lowest BCUT2D eigenvalue weighted by atomic mass is 9.70. The molecule has 20 heavy (non-hydrogen) atoms. The fourth-order valence-electron chi connectivity index (χ4n) is 4.15. The van der Waals surface area contributed by atoms with Crippen molar-refractivity contribution in [1.82, 2.24) is 0 Å². The highest BCUT2D eigenvalue weighted by molar-refractivity contribution is 6.01. The van der Waals surface area contributed by atoms with Gasteiger partial charge in [-0.3, -0.25) is 9.59 Å². The Morgan fingerprint density at radius 1 is 1.25 bits per heavy atom. The number of rotatable bonds is 2. The lowest BCUT2D eigenvalue weighted by molar-refractivity contribution is -0.178. The van der Waals surface area contributed by atoms with E-state index in [1.54, 1.807) is 0 Å². The van der Waals surface area contributed by atoms with E-state index in [1.807, 2.05) is 0 Å². The molecule has 0 saturated carbocycles. The fourth-order valence-corrected chi connectivity index (χ4v) is 4.15. The molecule has 2 saturated heterocycles. The SMILES string of the molecule is COC(=O)C1(C(=O)OC)C[C@H]2C[C@@H]3C=CCC[C@@H]3[C@@H]1O2. The van der Waals surface area contributed by atoms with Crippen LogP contribution in [0.5, 0.6) is 0 Å². The Morgan fingerprint density at radius 2 is 1.95 bits per heavy atom. The summed E-state index contributed by atoms with van der Waals surface area (Å²) < 4.78 is 15.8. The van der Waals surface area contributed by atoms with E-state index in [9.17, 15) is 9.59 Å². The summed E-state index contributed by atoms with van der Waals surface area (Å²) in [5.41, 5.74) is -1.28. The van der Waals surface area contributed by atoms with Crippen molar-refractivity contribution in [2.24, 2.45) is 17.3 Å². The summed E-state index contributed by atoms with van der Waals surface area (Å²) in [7, 11) is 2.63. The van der Waals surface area contributed by atoms with Gasteiger partial charge in [-0.2, -0.15) is 0 Å². The van der Waals surface area contributed by atoms with Gasteiger partial charge in [-0.25, -0.2) is 0 Å². The zero-order chi connectivity index (χ0) is 14.3. The molecule has 0 N–H and O–H groups in total. The minimum Gasteiger partial charge on any atom is -0.468 e. The normalized spacial score (nSPS) is 37.1. The van der Waals surface area contributed by atoms with Crippen molar-refractivity contribution in [1.29, 1.82) is 0 Å². The molecule has 2 heterocycles. The van der Waals surface area contributed by atoms with E-state index in [0.29, 0.717) is 12.3 Å². The van der Waals surface area contributed by atoms with Gasteiger partial charge in [0.15, 0.2) is 5.41 Å². The molecular formula is C15H20O5. The number of carbonyl (C=O) groups excluding carboxylic acids is 2. The summed E-state index contributed by atoms with van der Waals surface area (Å²) in [6, 6.07) is 0. The van der Waals surface area contributed by atoms with Crippen molar-refractivity contribution in [2.45, 2.75) is 37.9 Å². The average Bonchev–Trinajstić information content (AvgIpc) is 2.80. The molecular weight excluding hydrogens is 260 g/mol. The van der Waals surface area contributed by atoms with Gasteiger partial charge >= 0.3 is 11.9 Å². The number of hydrogen-bond donors (Lipinski definition) is 0. The van der Waals surface area contributed by atoms with Crippen LogP contribution in [0.15, 0.2) is 12.2 Å². The van der Waals surface area contributed by atoms with Gasteiger partial charge in [0.25, 0.3) is 0 Å². The molecule has 0 radical (unpaired) electrons. The molecule has 0 aromatic carbocycles. The maximum atomic E-state index is 12.3. The first kappa shape index (κ1) is 13.6. The van der Waals surface area contributed by atoms with Gasteiger partial charge in [0, 0.05) is 6.42 Å². The monoisotopic (exact) mass is 280 g/mol. The summed E-state index contributed by atoms with van der Waals surface area (Å²) >= 11 is 0. The third kappa shape index (κ3) is 1.72. The van der Waals surface area contributed by atoms with E-state index in [0.717, 1.165) is 19.3 Å². The van der Waals surface area contributed by atoms with Crippen molar-refractivity contribution in [3.05, 3.63) is 12.2 Å². The first-order valence-corrected chi connectivity index (χ1v) is 7.12. The van der Waals surface area contributed by atoms with Gasteiger partial charge in [0.05, 0.1) is 26.4 Å². The van der Waals surface area contributed by atoms with E-state index < -0.39 is 23.5 Å². The van der Waals surface area contributed by atoms with E-state index in [2.05, 4.69) is 12.2 Å². The summed E-state index contributed by atoms with van der Waals surface area (Å²) in [6.45, 7) is 0. The van der Waals surface area contributed by atoms with Gasteiger partial charge in [-0.1, -0.05) is 12.2 Å². The van der Waals surface area contributed by atoms with Crippen LogP contribution in [0.4, 0.5) is 0 Å². The molecule has 3 rings (SSSR count). The van der Waals surface area contributed by atoms with Crippen molar-refractivity contribution >= 4 is 11.9 Å². The molecule has 2 fully saturated rings. The molecule has 5 heteroatoms. The zero-order valence-electron chi connectivity index (χ0n) is 11.8. The third-order valence-corrected chi connectivity index (χ3v) is 5.00. The van der Waals surface area contributed by atoms with Gasteiger partial charge in [-0.15, -0.1) is 0 Å². The fraction of sp³-hybridized carbons (Fsp3) is 0.733. The number of methoxy groups -OCH3 is 2. The molecule has 0 unspecified atom stereocenters. The minimum atomic E-state index is -1.28. The maximum Gasteiger partial charge on any atom is 0.326 e. The van der Waals surface area contributed by atoms with Gasteiger partial charge in [0.2, 0.25) is 0 Å². The molecule has 0 aromatic heterocycles. The Hall–Kier alpha value is -1.36. The van der Waals surface area contributed by atoms with Crippen molar-refractivity contribution in [3.8, 4) is 0 Å². The van der Waals surface area contributed by atoms with Gasteiger partial charge in [0.1, 0.15) is 0 Å². The predicted molar refractivity (Wildman–Crippen MR) is 69.7 cm³/mol. The Kier molecular flexibility index (Phi) is 3.32. The maximum absolute atomic E-state index is 12.3. The van der Waals surface area contributed by atoms with Crippen molar-refractivity contribution in [3.63, 3.8) is 0 Å². The first-order valence-electron chi connectivity index (χ1n) is 7.12. The van der Waals surface area contributed by atoms with Crippen LogP contribution in [0.25, 0.3) is 0 Å². The van der Waals surface area contributed by atoms with Crippen LogP contribution in [0.3, 0.4) is 0 Å². The molecule has 0 spiro atoms. The predicted octanol–water partition coefficient (Wildman–Crippen LogP) is 1.46. The van der Waals surface area contributed by atoms with E-state index in [1.165, 1.54) is 14.2 Å². The van der Waals surface area contributed by atoms with Crippen LogP contribution < -0.4 is 0 Å². The smallest absolute Gasteiger partial charge is 0.326 e. The van der Waals surface area contributed by atoms with E-state index >= 15 is 0 Å². The van der Waals surface area contributed by atoms with Crippen LogP contribution in [-0.4, -0.2) is 38.4 Å². The molecule has 2 aliphatic heterocycles. The standard InChI is InChI=1S/C15H20O5/c1-18-13(16)15(14(17)19-2)8-10-7-9-5-3-4-6-11(9)12(15)20-10/h3,5,9-12H,4,6-8H2,1-2H3/t9-,10+,11-,12-/m0/s1. The highest BCUT2D eigenvalue weighted by atomic mass is 16.6. The quantitative estimate of drug-likeness (QED) is 0.435. The van der Waals surface area contributed by atoms with Crippen molar-refractivity contribution < 1.29 is 23.8 Å². The number of fused-ring (bicyclic) bond motifs is 4. The number of allylic oxidation sites excluding steroid dienone is 2. The second-order valence-corrected chi connectivity index (χ2v) is 5.91. The Labute approximate surface area is 118 Å². The Balaban J connectivity index is 2.01. The third-order valence-electron chi connectivity index (χ3n) is 5.00. The molecule has 0 aromatic rings. The van der Waals surface area contributed by atoms with E-state index in [4.69, 9.17) is 14.2 Å². The average molecular weight is 280 g/mol. The van der Waals surface area contributed by atoms with Crippen molar-refractivity contribution in [2.75, 3.05) is 14.2 Å². The van der Waals surface area contributed by atoms with Crippen LogP contribution in [0.2, 0.25) is 0 Å². The molecule has 110 valence electrons. The number of hydrogen-bond acceptors (Lipinski definition) is 5. The molecule has 4 atom stereocenters. The molecule has 0 amide bonds. The van der Waals surface area contributed by atoms with Gasteiger partial charge in [-0.05, 0) is 31.1 Å². The lowest BCUT2D eigenvalue weighted by Crippen LogP contribution is -2.51. The second-order valence-electron chi connectivity index (χ2n) is 5.91. The highest BCUT2D eigenvalue weighted by Gasteiger charge is 2.66. The molecule has 1 aliphatic carbocycles. The van der Waals surface area contributed by atoms with Crippen LogP contribution >= 0.6 is 0 Å². The minimum absolute atomic E-state index is 0.0674. The Morgan fingerprint density at radius 3 is 2.60 bits per heavy atom. The zero-order valence-corrected chi connectivity index (χ0v) is 11.8. The number of esters is 2. The van der Waals surface area contributed by atoms with Crippen LogP contribution in [0, 0.1) is 17.3 Å². The lowest BCUT2D eigenvalue weighted by Gasteiger charge is -2.40. The van der Waals surface area contributed by atoms with E-state index in [-0.39, 0.29) is 12.0 Å². The number of ether oxygens (including phenoxy) is 3. The largest absolute Gasteiger partial charge is 0.468 e. The molecule has 5 nitrogen and oxygen atoms in total. The molecule has 3 aliphatic rings. The summed E-state index contributed by atoms with van der Waals surface area (Å²) in [6.07, 6.45) is 7.05. The topological polar surface area (TPSA) is 61.8 Å². The summed E-state index contributed by atoms with van der Waals surface area (Å²) in [5, 5.41) is 0. The Bertz CT molecular complexity index is 439. The first-order chi connectivity index (χ1) is 9.63. The van der Waals surface area contributed by atoms with Crippen LogP contribution in [-0.2, 0) is 23.8 Å². The number of carbonyl (C=O) groups is 2. The highest BCUT2D eigenvalue weighted by Crippen LogP contribution is 2.54. The van der Waals surface area contributed by atoms with Gasteiger partial charge < -0.3 is 14.2 Å². The molecule has 2 bridgehead atoms.